The van der Waals surface area contributed by atoms with Gasteiger partial charge >= 0.3 is 0 Å². The van der Waals surface area contributed by atoms with E-state index in [-0.39, 0.29) is 11.9 Å². The normalized spacial score (nSPS) is 24.2. The maximum absolute atomic E-state index is 12.1. The molecule has 3 rings (SSSR count). The first-order valence-corrected chi connectivity index (χ1v) is 9.63. The Hall–Kier alpha value is -1.59. The van der Waals surface area contributed by atoms with Crippen LogP contribution in [-0.4, -0.2) is 56.2 Å². The minimum Gasteiger partial charge on any atom is -0.492 e. The van der Waals surface area contributed by atoms with Crippen molar-refractivity contribution in [1.82, 2.24) is 15.5 Å². The van der Waals surface area contributed by atoms with Crippen molar-refractivity contribution in [2.75, 3.05) is 39.3 Å². The molecular formula is C20H31N3O2. The number of nitrogens with zero attached hydrogens (tertiary/aromatic N) is 1. The lowest BCUT2D eigenvalue weighted by Crippen LogP contribution is -2.46. The van der Waals surface area contributed by atoms with Crippen LogP contribution in [0.25, 0.3) is 0 Å². The molecule has 2 aliphatic rings. The number of hydrogen-bond donors (Lipinski definition) is 2. The van der Waals surface area contributed by atoms with Crippen molar-refractivity contribution in [2.24, 2.45) is 5.92 Å². The lowest BCUT2D eigenvalue weighted by molar-refractivity contribution is -0.123. The number of aryl methyl sites for hydroxylation is 1. The van der Waals surface area contributed by atoms with Crippen molar-refractivity contribution < 1.29 is 9.53 Å². The fourth-order valence-electron chi connectivity index (χ4n) is 3.80. The molecule has 5 nitrogen and oxygen atoms in total. The van der Waals surface area contributed by atoms with E-state index in [9.17, 15) is 4.79 Å². The van der Waals surface area contributed by atoms with Crippen LogP contribution in [0.2, 0.25) is 0 Å². The summed E-state index contributed by atoms with van der Waals surface area (Å²) in [5.74, 6) is 1.68. The molecule has 0 aliphatic carbocycles. The second-order valence-electron chi connectivity index (χ2n) is 7.37. The Morgan fingerprint density at radius 1 is 1.36 bits per heavy atom. The molecule has 2 atom stereocenters. The Morgan fingerprint density at radius 3 is 3.08 bits per heavy atom. The molecule has 0 aromatic heterocycles. The first-order valence-electron chi connectivity index (χ1n) is 9.63. The summed E-state index contributed by atoms with van der Waals surface area (Å²) in [4.78, 5) is 14.6. The van der Waals surface area contributed by atoms with Crippen molar-refractivity contribution >= 4 is 5.91 Å². The van der Waals surface area contributed by atoms with E-state index in [1.165, 1.54) is 18.4 Å². The number of nitrogens with one attached hydrogen (secondary N) is 2. The summed E-state index contributed by atoms with van der Waals surface area (Å²) < 4.78 is 5.87. The Morgan fingerprint density at radius 2 is 2.28 bits per heavy atom. The first kappa shape index (κ1) is 18.2. The molecule has 138 valence electrons. The molecule has 2 N–H and O–H groups in total. The van der Waals surface area contributed by atoms with Crippen molar-refractivity contribution in [1.29, 1.82) is 0 Å². The molecule has 0 saturated carbocycles. The minimum absolute atomic E-state index is 0.0300. The minimum atomic E-state index is 0.0300. The maximum Gasteiger partial charge on any atom is 0.237 e. The van der Waals surface area contributed by atoms with Gasteiger partial charge in [0.15, 0.2) is 0 Å². The predicted octanol–water partition coefficient (Wildman–Crippen LogP) is 1.95. The number of likely N-dealkylation sites (tertiary alicyclic amines) is 1. The van der Waals surface area contributed by atoms with E-state index >= 15 is 0 Å². The highest BCUT2D eigenvalue weighted by molar-refractivity contribution is 5.81. The average Bonchev–Trinajstić information content (AvgIpc) is 3.15. The van der Waals surface area contributed by atoms with Gasteiger partial charge in [-0.05, 0) is 69.3 Å². The van der Waals surface area contributed by atoms with Crippen LogP contribution in [0.15, 0.2) is 24.3 Å². The zero-order valence-corrected chi connectivity index (χ0v) is 15.3. The molecule has 1 aromatic rings. The van der Waals surface area contributed by atoms with Gasteiger partial charge in [-0.25, -0.2) is 0 Å². The zero-order chi connectivity index (χ0) is 17.5. The Bertz CT molecular complexity index is 558. The maximum atomic E-state index is 12.1. The number of piperidine rings is 1. The highest BCUT2D eigenvalue weighted by Crippen LogP contribution is 2.17. The number of amides is 1. The van der Waals surface area contributed by atoms with Crippen molar-refractivity contribution in [3.05, 3.63) is 29.8 Å². The third-order valence-corrected chi connectivity index (χ3v) is 5.21. The van der Waals surface area contributed by atoms with Gasteiger partial charge in [-0.3, -0.25) is 9.69 Å². The Labute approximate surface area is 151 Å². The number of benzene rings is 1. The molecule has 5 heteroatoms. The quantitative estimate of drug-likeness (QED) is 0.793. The lowest BCUT2D eigenvalue weighted by atomic mass is 9.98. The smallest absolute Gasteiger partial charge is 0.237 e. The number of ether oxygens (including phenoxy) is 1. The molecule has 2 aliphatic heterocycles. The summed E-state index contributed by atoms with van der Waals surface area (Å²) in [7, 11) is 0. The highest BCUT2D eigenvalue weighted by Gasteiger charge is 2.24. The van der Waals surface area contributed by atoms with Crippen LogP contribution in [0.5, 0.6) is 5.75 Å². The summed E-state index contributed by atoms with van der Waals surface area (Å²) in [6.07, 6.45) is 4.48. The molecule has 2 heterocycles. The molecule has 0 bridgehead atoms. The lowest BCUT2D eigenvalue weighted by Gasteiger charge is -2.32. The van der Waals surface area contributed by atoms with Gasteiger partial charge in [-0.15, -0.1) is 0 Å². The van der Waals surface area contributed by atoms with Crippen LogP contribution in [0.1, 0.15) is 31.2 Å². The van der Waals surface area contributed by atoms with Gasteiger partial charge in [-0.1, -0.05) is 12.1 Å². The second kappa shape index (κ2) is 9.20. The van der Waals surface area contributed by atoms with Gasteiger partial charge in [0.1, 0.15) is 12.4 Å². The van der Waals surface area contributed by atoms with E-state index in [1.807, 2.05) is 12.1 Å². The van der Waals surface area contributed by atoms with Crippen molar-refractivity contribution in [2.45, 2.75) is 38.6 Å². The predicted molar refractivity (Wildman–Crippen MR) is 99.9 cm³/mol. The molecule has 0 radical (unpaired) electrons. The number of hydrogen-bond acceptors (Lipinski definition) is 4. The standard InChI is InChI=1S/C20H31N3O2/c1-16-5-2-7-18(13-16)25-12-11-23-10-4-6-17(15-23)14-22-20(24)19-8-3-9-21-19/h2,5,7,13,17,19,21H,3-4,6,8-12,14-15H2,1H3,(H,22,24). The third kappa shape index (κ3) is 5.72. The fraction of sp³-hybridized carbons (Fsp3) is 0.650. The van der Waals surface area contributed by atoms with Crippen LogP contribution in [0.4, 0.5) is 0 Å². The molecule has 1 aromatic carbocycles. The van der Waals surface area contributed by atoms with Gasteiger partial charge in [0.25, 0.3) is 0 Å². The third-order valence-electron chi connectivity index (χ3n) is 5.21. The Balaban J connectivity index is 1.35. The molecule has 2 saturated heterocycles. The van der Waals surface area contributed by atoms with E-state index < -0.39 is 0 Å². The molecule has 0 spiro atoms. The van der Waals surface area contributed by atoms with Gasteiger partial charge in [0.2, 0.25) is 5.91 Å². The Kier molecular flexibility index (Phi) is 6.70. The molecule has 2 fully saturated rings. The monoisotopic (exact) mass is 345 g/mol. The van der Waals surface area contributed by atoms with Crippen LogP contribution < -0.4 is 15.4 Å². The number of rotatable bonds is 7. The zero-order valence-electron chi connectivity index (χ0n) is 15.3. The number of carbonyl (C=O) groups is 1. The van der Waals surface area contributed by atoms with Crippen molar-refractivity contribution in [3.63, 3.8) is 0 Å². The molecular weight excluding hydrogens is 314 g/mol. The van der Waals surface area contributed by atoms with Crippen LogP contribution in [-0.2, 0) is 4.79 Å². The van der Waals surface area contributed by atoms with Gasteiger partial charge in [0, 0.05) is 19.6 Å². The summed E-state index contributed by atoms with van der Waals surface area (Å²) in [5, 5.41) is 6.40. The summed E-state index contributed by atoms with van der Waals surface area (Å²) in [6, 6.07) is 8.23. The molecule has 25 heavy (non-hydrogen) atoms. The highest BCUT2D eigenvalue weighted by atomic mass is 16.5. The van der Waals surface area contributed by atoms with Gasteiger partial charge in [-0.2, -0.15) is 0 Å². The van der Waals surface area contributed by atoms with E-state index in [1.54, 1.807) is 0 Å². The van der Waals surface area contributed by atoms with E-state index in [0.29, 0.717) is 12.5 Å². The van der Waals surface area contributed by atoms with E-state index in [4.69, 9.17) is 4.74 Å². The van der Waals surface area contributed by atoms with Crippen LogP contribution in [0.3, 0.4) is 0 Å². The molecule has 2 unspecified atom stereocenters. The van der Waals surface area contributed by atoms with E-state index in [2.05, 4.69) is 34.6 Å². The van der Waals surface area contributed by atoms with Crippen molar-refractivity contribution in [3.8, 4) is 5.75 Å². The second-order valence-corrected chi connectivity index (χ2v) is 7.37. The average molecular weight is 345 g/mol. The summed E-state index contributed by atoms with van der Waals surface area (Å²) in [5.41, 5.74) is 1.23. The topological polar surface area (TPSA) is 53.6 Å². The molecule has 1 amide bonds. The number of carbonyl (C=O) groups excluding carboxylic acids is 1. The van der Waals surface area contributed by atoms with Gasteiger partial charge in [0.05, 0.1) is 6.04 Å². The van der Waals surface area contributed by atoms with Gasteiger partial charge < -0.3 is 15.4 Å². The first-order chi connectivity index (χ1) is 12.2. The summed E-state index contributed by atoms with van der Waals surface area (Å²) >= 11 is 0. The fourth-order valence-corrected chi connectivity index (χ4v) is 3.80. The van der Waals surface area contributed by atoms with E-state index in [0.717, 1.165) is 51.3 Å². The van der Waals surface area contributed by atoms with Crippen LogP contribution >= 0.6 is 0 Å². The largest absolute Gasteiger partial charge is 0.492 e. The SMILES string of the molecule is Cc1cccc(OCCN2CCCC(CNC(=O)C3CCCN3)C2)c1. The van der Waals surface area contributed by atoms with Crippen LogP contribution in [0, 0.1) is 12.8 Å². The summed E-state index contributed by atoms with van der Waals surface area (Å²) in [6.45, 7) is 7.69.